The topological polar surface area (TPSA) is 92.7 Å². The third-order valence-corrected chi connectivity index (χ3v) is 4.47. The van der Waals surface area contributed by atoms with Crippen LogP contribution in [0.15, 0.2) is 29.2 Å². The number of aliphatic carboxylic acids is 1. The van der Waals surface area contributed by atoms with Gasteiger partial charge < -0.3 is 9.84 Å². The predicted molar refractivity (Wildman–Crippen MR) is 83.4 cm³/mol. The van der Waals surface area contributed by atoms with E-state index < -0.39 is 21.9 Å². The minimum atomic E-state index is -3.76. The Bertz CT molecular complexity index is 598. The number of hydrogen-bond donors (Lipinski definition) is 2. The van der Waals surface area contributed by atoms with Gasteiger partial charge in [0, 0.05) is 12.6 Å². The first-order valence-corrected chi connectivity index (χ1v) is 8.70. The van der Waals surface area contributed by atoms with Crippen molar-refractivity contribution in [3.63, 3.8) is 0 Å². The van der Waals surface area contributed by atoms with E-state index in [2.05, 4.69) is 4.72 Å². The normalized spacial score (nSPS) is 13.1. The van der Waals surface area contributed by atoms with Crippen LogP contribution in [0.4, 0.5) is 0 Å². The average molecular weight is 329 g/mol. The average Bonchev–Trinajstić information content (AvgIpc) is 2.43. The van der Waals surface area contributed by atoms with Gasteiger partial charge in [-0.15, -0.1) is 0 Å². The Hall–Kier alpha value is -1.60. The second-order valence-corrected chi connectivity index (χ2v) is 7.19. The van der Waals surface area contributed by atoms with Crippen LogP contribution < -0.4 is 9.46 Å². The molecule has 1 unspecified atom stereocenters. The lowest BCUT2D eigenvalue weighted by molar-refractivity contribution is -0.142. The van der Waals surface area contributed by atoms with Crippen LogP contribution in [0, 0.1) is 11.8 Å². The summed E-state index contributed by atoms with van der Waals surface area (Å²) in [7, 11) is -3.76. The largest absolute Gasteiger partial charge is 0.494 e. The van der Waals surface area contributed by atoms with Gasteiger partial charge in [0.05, 0.1) is 17.4 Å². The van der Waals surface area contributed by atoms with Gasteiger partial charge in [0.2, 0.25) is 10.0 Å². The highest BCUT2D eigenvalue weighted by Gasteiger charge is 2.22. The van der Waals surface area contributed by atoms with Crippen molar-refractivity contribution in [3.8, 4) is 5.75 Å². The van der Waals surface area contributed by atoms with E-state index in [4.69, 9.17) is 9.84 Å². The zero-order valence-corrected chi connectivity index (χ0v) is 13.9. The quantitative estimate of drug-likeness (QED) is 0.724. The summed E-state index contributed by atoms with van der Waals surface area (Å²) in [6, 6.07) is 6.12. The summed E-state index contributed by atoms with van der Waals surface area (Å²) in [5, 5.41) is 9.15. The van der Waals surface area contributed by atoms with Gasteiger partial charge in [-0.3, -0.25) is 4.79 Å². The molecule has 0 saturated heterocycles. The van der Waals surface area contributed by atoms with Crippen molar-refractivity contribution in [2.75, 3.05) is 13.2 Å². The van der Waals surface area contributed by atoms with E-state index >= 15 is 0 Å². The van der Waals surface area contributed by atoms with E-state index in [0.29, 0.717) is 18.8 Å². The molecule has 0 fully saturated rings. The molecule has 0 amide bonds. The van der Waals surface area contributed by atoms with Gasteiger partial charge in [-0.05, 0) is 31.4 Å². The molecule has 0 aromatic heterocycles. The lowest BCUT2D eigenvalue weighted by Crippen LogP contribution is -2.33. The molecule has 6 nitrogen and oxygen atoms in total. The van der Waals surface area contributed by atoms with E-state index in [0.717, 1.165) is 0 Å². The van der Waals surface area contributed by atoms with Crippen molar-refractivity contribution >= 4 is 16.0 Å². The van der Waals surface area contributed by atoms with Gasteiger partial charge in [0.15, 0.2) is 0 Å². The van der Waals surface area contributed by atoms with Crippen LogP contribution in [-0.2, 0) is 14.8 Å². The molecule has 1 aromatic carbocycles. The smallest absolute Gasteiger partial charge is 0.307 e. The molecule has 0 aliphatic heterocycles. The Morgan fingerprint density at radius 3 is 2.59 bits per heavy atom. The Kier molecular flexibility index (Phi) is 6.83. The number of rotatable bonds is 9. The Labute approximate surface area is 131 Å². The Morgan fingerprint density at radius 1 is 1.36 bits per heavy atom. The molecule has 0 spiro atoms. The maximum Gasteiger partial charge on any atom is 0.307 e. The monoisotopic (exact) mass is 329 g/mol. The van der Waals surface area contributed by atoms with Crippen molar-refractivity contribution in [2.45, 2.75) is 32.1 Å². The fourth-order valence-corrected chi connectivity index (χ4v) is 3.15. The molecule has 0 saturated carbocycles. The number of hydrogen-bond acceptors (Lipinski definition) is 4. The van der Waals surface area contributed by atoms with Crippen LogP contribution in [0.3, 0.4) is 0 Å². The van der Waals surface area contributed by atoms with Crippen molar-refractivity contribution in [1.82, 2.24) is 4.72 Å². The molecule has 0 aliphatic rings. The molecule has 1 aromatic rings. The zero-order valence-electron chi connectivity index (χ0n) is 13.1. The van der Waals surface area contributed by atoms with Crippen LogP contribution >= 0.6 is 0 Å². The number of ether oxygens (including phenoxy) is 1. The molecular weight excluding hydrogens is 306 g/mol. The predicted octanol–water partition coefficient (Wildman–Crippen LogP) is 2.11. The molecule has 0 bridgehead atoms. The summed E-state index contributed by atoms with van der Waals surface area (Å²) in [5.41, 5.74) is 0. The van der Waals surface area contributed by atoms with Gasteiger partial charge in [0.25, 0.3) is 0 Å². The number of carboxylic acids is 1. The number of nitrogens with one attached hydrogen (secondary N) is 1. The third kappa shape index (κ3) is 5.65. The fraction of sp³-hybridized carbons (Fsp3) is 0.533. The Balaban J connectivity index is 2.82. The summed E-state index contributed by atoms with van der Waals surface area (Å²) in [6.07, 6.45) is 0.414. The van der Waals surface area contributed by atoms with Crippen LogP contribution in [-0.4, -0.2) is 32.6 Å². The van der Waals surface area contributed by atoms with E-state index in [1.807, 2.05) is 20.8 Å². The fourth-order valence-electron chi connectivity index (χ4n) is 2.03. The molecule has 0 heterocycles. The summed E-state index contributed by atoms with van der Waals surface area (Å²) in [6.45, 7) is 5.91. The third-order valence-electron chi connectivity index (χ3n) is 3.05. The molecule has 124 valence electrons. The van der Waals surface area contributed by atoms with Crippen molar-refractivity contribution in [1.29, 1.82) is 0 Å². The number of sulfonamides is 1. The molecule has 7 heteroatoms. The molecule has 1 rings (SSSR count). The van der Waals surface area contributed by atoms with Crippen LogP contribution in [0.2, 0.25) is 0 Å². The van der Waals surface area contributed by atoms with Gasteiger partial charge in [-0.2, -0.15) is 0 Å². The van der Waals surface area contributed by atoms with E-state index in [1.165, 1.54) is 12.1 Å². The summed E-state index contributed by atoms with van der Waals surface area (Å²) >= 11 is 0. The van der Waals surface area contributed by atoms with Crippen molar-refractivity contribution in [2.24, 2.45) is 11.8 Å². The van der Waals surface area contributed by atoms with Crippen LogP contribution in [0.5, 0.6) is 5.75 Å². The number of carboxylic acid groups (broad SMARTS) is 1. The Morgan fingerprint density at radius 2 is 2.05 bits per heavy atom. The first-order chi connectivity index (χ1) is 10.3. The molecule has 1 atom stereocenters. The second kappa shape index (κ2) is 8.14. The second-order valence-electron chi connectivity index (χ2n) is 5.42. The molecule has 0 aliphatic carbocycles. The van der Waals surface area contributed by atoms with Gasteiger partial charge in [-0.1, -0.05) is 19.9 Å². The highest BCUT2D eigenvalue weighted by Crippen LogP contribution is 2.18. The maximum atomic E-state index is 12.2. The molecule has 22 heavy (non-hydrogen) atoms. The van der Waals surface area contributed by atoms with E-state index in [1.54, 1.807) is 12.1 Å². The maximum absolute atomic E-state index is 12.2. The SMILES string of the molecule is CCOc1cccc(S(=O)(=O)NCC(CC(C)C)C(=O)O)c1. The lowest BCUT2D eigenvalue weighted by Gasteiger charge is -2.15. The van der Waals surface area contributed by atoms with Gasteiger partial charge in [-0.25, -0.2) is 13.1 Å². The summed E-state index contributed by atoms with van der Waals surface area (Å²) < 4.78 is 32.1. The van der Waals surface area contributed by atoms with Crippen molar-refractivity contribution in [3.05, 3.63) is 24.3 Å². The first kappa shape index (κ1) is 18.4. The zero-order chi connectivity index (χ0) is 16.8. The lowest BCUT2D eigenvalue weighted by atomic mass is 9.98. The molecule has 0 radical (unpaired) electrons. The first-order valence-electron chi connectivity index (χ1n) is 7.21. The van der Waals surface area contributed by atoms with Crippen molar-refractivity contribution < 1.29 is 23.1 Å². The van der Waals surface area contributed by atoms with Gasteiger partial charge >= 0.3 is 5.97 Å². The highest BCUT2D eigenvalue weighted by molar-refractivity contribution is 7.89. The molecule has 2 N–H and O–H groups in total. The summed E-state index contributed by atoms with van der Waals surface area (Å²) in [4.78, 5) is 11.2. The van der Waals surface area contributed by atoms with E-state index in [9.17, 15) is 13.2 Å². The highest BCUT2D eigenvalue weighted by atomic mass is 32.2. The van der Waals surface area contributed by atoms with Crippen LogP contribution in [0.1, 0.15) is 27.2 Å². The van der Waals surface area contributed by atoms with E-state index in [-0.39, 0.29) is 17.4 Å². The van der Waals surface area contributed by atoms with Gasteiger partial charge in [0.1, 0.15) is 5.75 Å². The summed E-state index contributed by atoms with van der Waals surface area (Å²) in [5.74, 6) is -1.11. The van der Waals surface area contributed by atoms with Crippen LogP contribution in [0.25, 0.3) is 0 Å². The molecular formula is C15H23NO5S. The minimum Gasteiger partial charge on any atom is -0.494 e. The number of carbonyl (C=O) groups is 1. The standard InChI is InChI=1S/C15H23NO5S/c1-4-21-13-6-5-7-14(9-13)22(19,20)16-10-12(15(17)18)8-11(2)3/h5-7,9,11-12,16H,4,8,10H2,1-3H3,(H,17,18). The number of benzene rings is 1. The minimum absolute atomic E-state index is 0.0622.